The molecular formula is C22H20ClNO4. The first-order valence-electron chi connectivity index (χ1n) is 8.83. The second-order valence-electron chi connectivity index (χ2n) is 6.30. The van der Waals surface area contributed by atoms with Gasteiger partial charge in [-0.3, -0.25) is 4.79 Å². The van der Waals surface area contributed by atoms with Gasteiger partial charge >= 0.3 is 5.97 Å². The molecule has 0 saturated carbocycles. The van der Waals surface area contributed by atoms with Crippen molar-refractivity contribution in [2.24, 2.45) is 0 Å². The molecule has 0 aliphatic rings. The summed E-state index contributed by atoms with van der Waals surface area (Å²) in [7, 11) is 0. The highest BCUT2D eigenvalue weighted by Gasteiger charge is 2.13. The first-order chi connectivity index (χ1) is 13.5. The van der Waals surface area contributed by atoms with E-state index in [1.165, 1.54) is 0 Å². The molecule has 0 aliphatic carbocycles. The lowest BCUT2D eigenvalue weighted by atomic mass is 10.1. The Kier molecular flexibility index (Phi) is 6.50. The van der Waals surface area contributed by atoms with Crippen LogP contribution in [0.1, 0.15) is 18.5 Å². The van der Waals surface area contributed by atoms with E-state index in [9.17, 15) is 9.59 Å². The Morgan fingerprint density at radius 3 is 2.54 bits per heavy atom. The highest BCUT2D eigenvalue weighted by atomic mass is 35.5. The van der Waals surface area contributed by atoms with Crippen molar-refractivity contribution >= 4 is 34.2 Å². The van der Waals surface area contributed by atoms with Gasteiger partial charge in [-0.2, -0.15) is 0 Å². The SMILES string of the molecule is C[C@H](NC(=O)COC(=O)COc1ccc2ccccc2c1)c1cccc(Cl)c1. The molecule has 0 heterocycles. The van der Waals surface area contributed by atoms with Gasteiger partial charge in [0, 0.05) is 5.02 Å². The molecule has 144 valence electrons. The largest absolute Gasteiger partial charge is 0.482 e. The molecule has 6 heteroatoms. The number of carbonyl (C=O) groups is 2. The van der Waals surface area contributed by atoms with E-state index < -0.39 is 11.9 Å². The van der Waals surface area contributed by atoms with E-state index in [-0.39, 0.29) is 19.3 Å². The molecule has 0 unspecified atom stereocenters. The van der Waals surface area contributed by atoms with Crippen LogP contribution in [0.4, 0.5) is 0 Å². The van der Waals surface area contributed by atoms with Crippen molar-refractivity contribution in [1.29, 1.82) is 0 Å². The maximum absolute atomic E-state index is 12.0. The summed E-state index contributed by atoms with van der Waals surface area (Å²) in [6.07, 6.45) is 0. The summed E-state index contributed by atoms with van der Waals surface area (Å²) in [5.74, 6) is -0.445. The lowest BCUT2D eigenvalue weighted by Gasteiger charge is -2.14. The molecule has 0 bridgehead atoms. The van der Waals surface area contributed by atoms with E-state index in [0.29, 0.717) is 10.8 Å². The van der Waals surface area contributed by atoms with Gasteiger partial charge in [0.1, 0.15) is 5.75 Å². The van der Waals surface area contributed by atoms with Crippen LogP contribution in [-0.4, -0.2) is 25.1 Å². The molecule has 3 aromatic carbocycles. The van der Waals surface area contributed by atoms with Gasteiger partial charge in [0.2, 0.25) is 0 Å². The third-order valence-corrected chi connectivity index (χ3v) is 4.40. The van der Waals surface area contributed by atoms with Crippen LogP contribution in [0.25, 0.3) is 10.8 Å². The molecule has 0 spiro atoms. The zero-order chi connectivity index (χ0) is 19.9. The van der Waals surface area contributed by atoms with Crippen LogP contribution in [0, 0.1) is 0 Å². The molecule has 5 nitrogen and oxygen atoms in total. The summed E-state index contributed by atoms with van der Waals surface area (Å²) >= 11 is 5.95. The van der Waals surface area contributed by atoms with Crippen LogP contribution in [0.3, 0.4) is 0 Å². The minimum Gasteiger partial charge on any atom is -0.482 e. The Balaban J connectivity index is 1.43. The number of hydrogen-bond acceptors (Lipinski definition) is 4. The predicted molar refractivity (Wildman–Crippen MR) is 108 cm³/mol. The first kappa shape index (κ1) is 19.7. The molecule has 0 radical (unpaired) electrons. The Morgan fingerprint density at radius 2 is 1.75 bits per heavy atom. The summed E-state index contributed by atoms with van der Waals surface area (Å²) in [5.41, 5.74) is 0.867. The summed E-state index contributed by atoms with van der Waals surface area (Å²) < 4.78 is 10.4. The van der Waals surface area contributed by atoms with Gasteiger partial charge in [-0.05, 0) is 47.5 Å². The number of hydrogen-bond donors (Lipinski definition) is 1. The minimum atomic E-state index is -0.612. The molecule has 1 atom stereocenters. The highest BCUT2D eigenvalue weighted by Crippen LogP contribution is 2.20. The number of ether oxygens (including phenoxy) is 2. The number of halogens is 1. The number of carbonyl (C=O) groups excluding carboxylic acids is 2. The molecule has 0 saturated heterocycles. The van der Waals surface area contributed by atoms with Crippen LogP contribution in [0.2, 0.25) is 5.02 Å². The topological polar surface area (TPSA) is 64.6 Å². The zero-order valence-electron chi connectivity index (χ0n) is 15.4. The quantitative estimate of drug-likeness (QED) is 0.604. The maximum Gasteiger partial charge on any atom is 0.344 e. The van der Waals surface area contributed by atoms with Crippen LogP contribution >= 0.6 is 11.6 Å². The Hall–Kier alpha value is -3.05. The highest BCUT2D eigenvalue weighted by molar-refractivity contribution is 6.30. The number of esters is 1. The van der Waals surface area contributed by atoms with Crippen molar-refractivity contribution < 1.29 is 19.1 Å². The second kappa shape index (κ2) is 9.24. The van der Waals surface area contributed by atoms with E-state index in [1.807, 2.05) is 55.5 Å². The lowest BCUT2D eigenvalue weighted by Crippen LogP contribution is -2.31. The first-order valence-corrected chi connectivity index (χ1v) is 9.21. The minimum absolute atomic E-state index is 0.251. The standard InChI is InChI=1S/C22H20ClNO4/c1-15(17-7-4-8-19(23)11-17)24-21(25)13-28-22(26)14-27-20-10-9-16-5-2-3-6-18(16)12-20/h2-12,15H,13-14H2,1H3,(H,24,25)/t15-/m0/s1. The number of nitrogens with one attached hydrogen (secondary N) is 1. The van der Waals surface area contributed by atoms with E-state index in [4.69, 9.17) is 21.1 Å². The van der Waals surface area contributed by atoms with Crippen molar-refractivity contribution in [1.82, 2.24) is 5.32 Å². The fourth-order valence-corrected chi connectivity index (χ4v) is 2.93. The monoisotopic (exact) mass is 397 g/mol. The van der Waals surface area contributed by atoms with Gasteiger partial charge in [0.15, 0.2) is 13.2 Å². The lowest BCUT2D eigenvalue weighted by molar-refractivity contribution is -0.150. The fourth-order valence-electron chi connectivity index (χ4n) is 2.73. The second-order valence-corrected chi connectivity index (χ2v) is 6.74. The third kappa shape index (κ3) is 5.47. The zero-order valence-corrected chi connectivity index (χ0v) is 16.1. The van der Waals surface area contributed by atoms with Gasteiger partial charge < -0.3 is 14.8 Å². The van der Waals surface area contributed by atoms with Crippen LogP contribution in [0.5, 0.6) is 5.75 Å². The number of amides is 1. The van der Waals surface area contributed by atoms with Crippen LogP contribution < -0.4 is 10.1 Å². The van der Waals surface area contributed by atoms with Gasteiger partial charge in [-0.25, -0.2) is 4.79 Å². The summed E-state index contributed by atoms with van der Waals surface area (Å²) in [6.45, 7) is 1.19. The van der Waals surface area contributed by atoms with Crippen LogP contribution in [-0.2, 0) is 14.3 Å². The number of benzene rings is 3. The van der Waals surface area contributed by atoms with E-state index in [1.54, 1.807) is 18.2 Å². The van der Waals surface area contributed by atoms with Gasteiger partial charge in [-0.15, -0.1) is 0 Å². The summed E-state index contributed by atoms with van der Waals surface area (Å²) in [6, 6.07) is 20.4. The molecule has 28 heavy (non-hydrogen) atoms. The van der Waals surface area contributed by atoms with Crippen molar-refractivity contribution in [3.05, 3.63) is 77.3 Å². The predicted octanol–water partition coefficient (Wildman–Crippen LogP) is 4.29. The van der Waals surface area contributed by atoms with Crippen molar-refractivity contribution in [2.45, 2.75) is 13.0 Å². The Bertz CT molecular complexity index is 989. The average molecular weight is 398 g/mol. The van der Waals surface area contributed by atoms with E-state index >= 15 is 0 Å². The molecule has 3 rings (SSSR count). The third-order valence-electron chi connectivity index (χ3n) is 4.17. The fraction of sp³-hybridized carbons (Fsp3) is 0.182. The van der Waals surface area contributed by atoms with Crippen molar-refractivity contribution in [3.8, 4) is 5.75 Å². The molecule has 0 aromatic heterocycles. The van der Waals surface area contributed by atoms with Crippen molar-refractivity contribution in [2.75, 3.05) is 13.2 Å². The Labute approximate surface area is 168 Å². The Morgan fingerprint density at radius 1 is 0.964 bits per heavy atom. The number of rotatable bonds is 7. The molecular weight excluding hydrogens is 378 g/mol. The smallest absolute Gasteiger partial charge is 0.344 e. The maximum atomic E-state index is 12.0. The van der Waals surface area contributed by atoms with Crippen molar-refractivity contribution in [3.63, 3.8) is 0 Å². The number of fused-ring (bicyclic) bond motifs is 1. The van der Waals surface area contributed by atoms with Gasteiger partial charge in [0.25, 0.3) is 5.91 Å². The molecule has 0 fully saturated rings. The molecule has 1 N–H and O–H groups in total. The average Bonchev–Trinajstić information content (AvgIpc) is 2.70. The molecule has 3 aromatic rings. The summed E-state index contributed by atoms with van der Waals surface area (Å²) in [5, 5.41) is 5.45. The van der Waals surface area contributed by atoms with E-state index in [2.05, 4.69) is 5.32 Å². The van der Waals surface area contributed by atoms with Gasteiger partial charge in [-0.1, -0.05) is 54.1 Å². The molecule has 1 amide bonds. The summed E-state index contributed by atoms with van der Waals surface area (Å²) in [4.78, 5) is 23.8. The van der Waals surface area contributed by atoms with Crippen LogP contribution in [0.15, 0.2) is 66.7 Å². The molecule has 0 aliphatic heterocycles. The van der Waals surface area contributed by atoms with Gasteiger partial charge in [0.05, 0.1) is 6.04 Å². The normalized spacial score (nSPS) is 11.6. The van der Waals surface area contributed by atoms with E-state index in [0.717, 1.165) is 16.3 Å².